The van der Waals surface area contributed by atoms with E-state index in [4.69, 9.17) is 11.6 Å². The Hall–Kier alpha value is -2.40. The minimum absolute atomic E-state index is 0.358. The van der Waals surface area contributed by atoms with Crippen molar-refractivity contribution in [3.05, 3.63) is 59.9 Å². The van der Waals surface area contributed by atoms with E-state index >= 15 is 0 Å². The molecule has 0 aliphatic carbocycles. The molecule has 1 atom stereocenters. The van der Waals surface area contributed by atoms with Gasteiger partial charge in [0.15, 0.2) is 0 Å². The Bertz CT molecular complexity index is 817. The summed E-state index contributed by atoms with van der Waals surface area (Å²) in [6.45, 7) is 1.84. The maximum atomic E-state index is 5.97. The number of hydrogen-bond acceptors (Lipinski definition) is 4. The van der Waals surface area contributed by atoms with Crippen LogP contribution in [-0.2, 0) is 0 Å². The molecular formula is C18H18ClN5. The van der Waals surface area contributed by atoms with E-state index in [0.29, 0.717) is 11.1 Å². The van der Waals surface area contributed by atoms with E-state index in [1.54, 1.807) is 12.4 Å². The third-order valence-electron chi connectivity index (χ3n) is 4.40. The van der Waals surface area contributed by atoms with Gasteiger partial charge in [0.2, 0.25) is 0 Å². The lowest BCUT2D eigenvalue weighted by Crippen LogP contribution is -2.35. The first kappa shape index (κ1) is 15.1. The highest BCUT2D eigenvalue weighted by atomic mass is 35.5. The number of nitrogens with one attached hydrogen (secondary N) is 1. The van der Waals surface area contributed by atoms with Crippen LogP contribution in [0, 0.1) is 0 Å². The lowest BCUT2D eigenvalue weighted by molar-refractivity contribution is 0.491. The molecule has 4 rings (SSSR count). The summed E-state index contributed by atoms with van der Waals surface area (Å²) in [7, 11) is 0. The van der Waals surface area contributed by atoms with E-state index in [2.05, 4.69) is 37.0 Å². The number of piperidine rings is 1. The number of hydrogen-bond donors (Lipinski definition) is 1. The summed E-state index contributed by atoms with van der Waals surface area (Å²) in [4.78, 5) is 18.9. The molecule has 0 radical (unpaired) electrons. The maximum absolute atomic E-state index is 5.97. The minimum atomic E-state index is 0.358. The van der Waals surface area contributed by atoms with Crippen LogP contribution in [0.2, 0.25) is 5.15 Å². The van der Waals surface area contributed by atoms with Gasteiger partial charge in [0, 0.05) is 19.0 Å². The molecular weight excluding hydrogens is 322 g/mol. The summed E-state index contributed by atoms with van der Waals surface area (Å²) in [6, 6.07) is 10.3. The van der Waals surface area contributed by atoms with Crippen molar-refractivity contribution in [1.29, 1.82) is 0 Å². The van der Waals surface area contributed by atoms with Crippen molar-refractivity contribution in [3.63, 3.8) is 0 Å². The normalized spacial score (nSPS) is 17.9. The van der Waals surface area contributed by atoms with Crippen molar-refractivity contribution in [2.45, 2.75) is 18.8 Å². The zero-order chi connectivity index (χ0) is 16.4. The fraction of sp³-hybridized carbons (Fsp3) is 0.278. The average molecular weight is 340 g/mol. The van der Waals surface area contributed by atoms with Crippen molar-refractivity contribution in [3.8, 4) is 11.3 Å². The standard InChI is InChI=1S/C18H18ClN5/c19-16-10-20-11-17(23-16)24-8-4-7-14(12-24)18-21-9-15(22-18)13-5-2-1-3-6-13/h1-3,5-6,9-11,14H,4,7-8,12H2,(H,21,22). The van der Waals surface area contributed by atoms with Crippen LogP contribution in [0.3, 0.4) is 0 Å². The number of imidazole rings is 1. The van der Waals surface area contributed by atoms with Crippen LogP contribution in [0.15, 0.2) is 48.9 Å². The summed E-state index contributed by atoms with van der Waals surface area (Å²) >= 11 is 5.97. The first-order valence-electron chi connectivity index (χ1n) is 8.12. The fourth-order valence-electron chi connectivity index (χ4n) is 3.20. The van der Waals surface area contributed by atoms with Gasteiger partial charge in [-0.25, -0.2) is 9.97 Å². The van der Waals surface area contributed by atoms with Gasteiger partial charge in [-0.1, -0.05) is 41.9 Å². The molecule has 1 aromatic carbocycles. The number of nitrogens with zero attached hydrogens (tertiary/aromatic N) is 4. The number of benzene rings is 1. The van der Waals surface area contributed by atoms with E-state index in [1.807, 2.05) is 24.4 Å². The van der Waals surface area contributed by atoms with Gasteiger partial charge in [0.05, 0.1) is 24.3 Å². The van der Waals surface area contributed by atoms with E-state index in [0.717, 1.165) is 48.8 Å². The fourth-order valence-corrected chi connectivity index (χ4v) is 3.34. The van der Waals surface area contributed by atoms with E-state index < -0.39 is 0 Å². The Kier molecular flexibility index (Phi) is 4.17. The average Bonchev–Trinajstić information content (AvgIpc) is 3.13. The van der Waals surface area contributed by atoms with Crippen LogP contribution >= 0.6 is 11.6 Å². The van der Waals surface area contributed by atoms with Crippen LogP contribution in [0.5, 0.6) is 0 Å². The first-order chi connectivity index (χ1) is 11.8. The van der Waals surface area contributed by atoms with Gasteiger partial charge in [0.1, 0.15) is 16.8 Å². The monoisotopic (exact) mass is 339 g/mol. The third-order valence-corrected chi connectivity index (χ3v) is 4.59. The number of aromatic nitrogens is 4. The Morgan fingerprint density at radius 3 is 2.83 bits per heavy atom. The van der Waals surface area contributed by atoms with Gasteiger partial charge in [-0.2, -0.15) is 0 Å². The quantitative estimate of drug-likeness (QED) is 0.786. The third kappa shape index (κ3) is 3.12. The smallest absolute Gasteiger partial charge is 0.149 e. The van der Waals surface area contributed by atoms with Gasteiger partial charge in [-0.15, -0.1) is 0 Å². The number of halogens is 1. The van der Waals surface area contributed by atoms with Crippen LogP contribution in [0.25, 0.3) is 11.3 Å². The predicted octanol–water partition coefficient (Wildman–Crippen LogP) is 3.90. The summed E-state index contributed by atoms with van der Waals surface area (Å²) < 4.78 is 0. The highest BCUT2D eigenvalue weighted by Crippen LogP contribution is 2.29. The van der Waals surface area contributed by atoms with Crippen LogP contribution in [0.1, 0.15) is 24.6 Å². The Balaban J connectivity index is 1.53. The molecule has 1 unspecified atom stereocenters. The molecule has 3 aromatic rings. The number of rotatable bonds is 3. The molecule has 1 fully saturated rings. The molecule has 2 aromatic heterocycles. The molecule has 0 bridgehead atoms. The molecule has 0 spiro atoms. The SMILES string of the molecule is Clc1cncc(N2CCCC(c3ncc(-c4ccccc4)[nH]3)C2)n1. The Morgan fingerprint density at radius 1 is 1.12 bits per heavy atom. The predicted molar refractivity (Wildman–Crippen MR) is 95.3 cm³/mol. The summed E-state index contributed by atoms with van der Waals surface area (Å²) in [6.07, 6.45) is 7.46. The molecule has 0 amide bonds. The number of anilines is 1. The largest absolute Gasteiger partial charge is 0.355 e. The van der Waals surface area contributed by atoms with E-state index in [-0.39, 0.29) is 0 Å². The second-order valence-corrected chi connectivity index (χ2v) is 6.42. The zero-order valence-electron chi connectivity index (χ0n) is 13.2. The molecule has 3 heterocycles. The Morgan fingerprint density at radius 2 is 2.00 bits per heavy atom. The van der Waals surface area contributed by atoms with Crippen molar-refractivity contribution in [2.75, 3.05) is 18.0 Å². The highest BCUT2D eigenvalue weighted by Gasteiger charge is 2.24. The molecule has 5 nitrogen and oxygen atoms in total. The lowest BCUT2D eigenvalue weighted by Gasteiger charge is -2.32. The van der Waals surface area contributed by atoms with Crippen molar-refractivity contribution in [2.24, 2.45) is 0 Å². The molecule has 122 valence electrons. The first-order valence-corrected chi connectivity index (χ1v) is 8.50. The molecule has 1 N–H and O–H groups in total. The van der Waals surface area contributed by atoms with Gasteiger partial charge in [-0.3, -0.25) is 4.98 Å². The summed E-state index contributed by atoms with van der Waals surface area (Å²) in [5.41, 5.74) is 2.22. The lowest BCUT2D eigenvalue weighted by atomic mass is 9.97. The van der Waals surface area contributed by atoms with Crippen LogP contribution < -0.4 is 4.90 Å². The highest BCUT2D eigenvalue weighted by molar-refractivity contribution is 6.29. The van der Waals surface area contributed by atoms with Crippen molar-refractivity contribution >= 4 is 17.4 Å². The van der Waals surface area contributed by atoms with Gasteiger partial charge in [-0.05, 0) is 18.4 Å². The summed E-state index contributed by atoms with van der Waals surface area (Å²) in [5, 5.41) is 0.430. The molecule has 1 aliphatic heterocycles. The van der Waals surface area contributed by atoms with E-state index in [1.165, 1.54) is 0 Å². The number of aromatic amines is 1. The zero-order valence-corrected chi connectivity index (χ0v) is 13.9. The topological polar surface area (TPSA) is 57.7 Å². The van der Waals surface area contributed by atoms with Crippen molar-refractivity contribution < 1.29 is 0 Å². The maximum Gasteiger partial charge on any atom is 0.149 e. The molecule has 24 heavy (non-hydrogen) atoms. The van der Waals surface area contributed by atoms with Crippen molar-refractivity contribution in [1.82, 2.24) is 19.9 Å². The second-order valence-electron chi connectivity index (χ2n) is 6.03. The second kappa shape index (κ2) is 6.61. The number of H-pyrrole nitrogens is 1. The molecule has 1 aliphatic rings. The van der Waals surface area contributed by atoms with Gasteiger partial charge in [0.25, 0.3) is 0 Å². The molecule has 1 saturated heterocycles. The molecule has 6 heteroatoms. The van der Waals surface area contributed by atoms with E-state index in [9.17, 15) is 0 Å². The van der Waals surface area contributed by atoms with Crippen LogP contribution in [0.4, 0.5) is 5.82 Å². The van der Waals surface area contributed by atoms with Crippen LogP contribution in [-0.4, -0.2) is 33.0 Å². The van der Waals surface area contributed by atoms with Gasteiger partial charge < -0.3 is 9.88 Å². The Labute approximate surface area is 145 Å². The molecule has 0 saturated carbocycles. The van der Waals surface area contributed by atoms with Gasteiger partial charge >= 0.3 is 0 Å². The minimum Gasteiger partial charge on any atom is -0.355 e. The summed E-state index contributed by atoms with van der Waals surface area (Å²) in [5.74, 6) is 2.23.